The van der Waals surface area contributed by atoms with Gasteiger partial charge < -0.3 is 5.11 Å². The van der Waals surface area contributed by atoms with Gasteiger partial charge in [-0.25, -0.2) is 14.1 Å². The van der Waals surface area contributed by atoms with Crippen LogP contribution in [0, 0.1) is 6.92 Å². The SMILES string of the molecule is Cc1cnc2ccc3c(c2n1)[n+]1c(n3C)NC(O)CC1. The van der Waals surface area contributed by atoms with Gasteiger partial charge in [-0.15, -0.1) is 0 Å². The zero-order valence-corrected chi connectivity index (χ0v) is 11.5. The van der Waals surface area contributed by atoms with Gasteiger partial charge in [0.05, 0.1) is 24.8 Å². The number of aliphatic hydroxyl groups excluding tert-OH is 1. The Morgan fingerprint density at radius 1 is 1.45 bits per heavy atom. The van der Waals surface area contributed by atoms with Crippen LogP contribution in [-0.4, -0.2) is 25.9 Å². The molecule has 0 radical (unpaired) electrons. The van der Waals surface area contributed by atoms with Gasteiger partial charge in [-0.2, -0.15) is 0 Å². The number of aryl methyl sites for hydroxylation is 3. The molecule has 0 saturated heterocycles. The molecule has 6 heteroatoms. The Hall–Kier alpha value is -2.21. The molecular formula is C14H16N5O+. The first-order valence-corrected chi connectivity index (χ1v) is 6.74. The monoisotopic (exact) mass is 270 g/mol. The number of aliphatic hydroxyl groups is 1. The Morgan fingerprint density at radius 2 is 2.30 bits per heavy atom. The largest absolute Gasteiger partial charge is 0.361 e. The average molecular weight is 270 g/mol. The lowest BCUT2D eigenvalue weighted by Crippen LogP contribution is -2.46. The molecule has 20 heavy (non-hydrogen) atoms. The molecule has 1 atom stereocenters. The van der Waals surface area contributed by atoms with Crippen molar-refractivity contribution in [1.29, 1.82) is 0 Å². The van der Waals surface area contributed by atoms with E-state index in [0.29, 0.717) is 6.42 Å². The van der Waals surface area contributed by atoms with E-state index < -0.39 is 6.23 Å². The van der Waals surface area contributed by atoms with E-state index in [4.69, 9.17) is 0 Å². The van der Waals surface area contributed by atoms with E-state index in [2.05, 4.69) is 30.5 Å². The van der Waals surface area contributed by atoms with Crippen molar-refractivity contribution >= 4 is 28.0 Å². The van der Waals surface area contributed by atoms with Crippen molar-refractivity contribution < 1.29 is 9.67 Å². The number of fused-ring (bicyclic) bond motifs is 5. The number of hydrogen-bond acceptors (Lipinski definition) is 4. The molecule has 2 aromatic heterocycles. The highest BCUT2D eigenvalue weighted by atomic mass is 16.3. The molecule has 3 heterocycles. The molecule has 0 saturated carbocycles. The molecule has 1 aliphatic heterocycles. The summed E-state index contributed by atoms with van der Waals surface area (Å²) in [5.41, 5.74) is 4.90. The molecule has 0 amide bonds. The second-order valence-corrected chi connectivity index (χ2v) is 5.30. The first-order chi connectivity index (χ1) is 9.65. The van der Waals surface area contributed by atoms with Crippen LogP contribution in [-0.2, 0) is 13.6 Å². The van der Waals surface area contributed by atoms with Gasteiger partial charge in [0.1, 0.15) is 11.0 Å². The molecule has 102 valence electrons. The minimum atomic E-state index is -0.489. The number of nitrogens with zero attached hydrogens (tertiary/aromatic N) is 4. The first-order valence-electron chi connectivity index (χ1n) is 6.74. The molecule has 0 spiro atoms. The fraction of sp³-hybridized carbons (Fsp3) is 0.357. The van der Waals surface area contributed by atoms with E-state index in [9.17, 15) is 5.11 Å². The Bertz CT molecular complexity index is 839. The maximum atomic E-state index is 9.80. The predicted molar refractivity (Wildman–Crippen MR) is 75.2 cm³/mol. The van der Waals surface area contributed by atoms with Crippen LogP contribution < -0.4 is 9.88 Å². The first kappa shape index (κ1) is 11.6. The highest BCUT2D eigenvalue weighted by Crippen LogP contribution is 2.25. The predicted octanol–water partition coefficient (Wildman–Crippen LogP) is 0.851. The number of nitrogens with one attached hydrogen (secondary N) is 1. The van der Waals surface area contributed by atoms with Gasteiger partial charge in [-0.05, 0) is 19.1 Å². The summed E-state index contributed by atoms with van der Waals surface area (Å²) in [6.45, 7) is 2.73. The summed E-state index contributed by atoms with van der Waals surface area (Å²) in [6.07, 6.45) is 1.99. The van der Waals surface area contributed by atoms with Gasteiger partial charge in [0.2, 0.25) is 0 Å². The maximum Gasteiger partial charge on any atom is 0.360 e. The van der Waals surface area contributed by atoms with E-state index in [1.54, 1.807) is 6.20 Å². The van der Waals surface area contributed by atoms with Crippen molar-refractivity contribution in [3.63, 3.8) is 0 Å². The van der Waals surface area contributed by atoms with E-state index in [0.717, 1.165) is 40.3 Å². The lowest BCUT2D eigenvalue weighted by Gasteiger charge is -2.16. The second-order valence-electron chi connectivity index (χ2n) is 5.30. The zero-order valence-electron chi connectivity index (χ0n) is 11.5. The van der Waals surface area contributed by atoms with E-state index in [1.807, 2.05) is 20.0 Å². The smallest absolute Gasteiger partial charge is 0.360 e. The number of imidazole rings is 1. The fourth-order valence-electron chi connectivity index (χ4n) is 2.94. The van der Waals surface area contributed by atoms with Gasteiger partial charge in [-0.1, -0.05) is 0 Å². The molecular weight excluding hydrogens is 254 g/mol. The third-order valence-corrected chi connectivity index (χ3v) is 3.91. The summed E-state index contributed by atoms with van der Waals surface area (Å²) in [5, 5.41) is 12.9. The Morgan fingerprint density at radius 3 is 3.15 bits per heavy atom. The maximum absolute atomic E-state index is 9.80. The van der Waals surface area contributed by atoms with Crippen molar-refractivity contribution in [2.45, 2.75) is 26.1 Å². The minimum Gasteiger partial charge on any atom is -0.361 e. The molecule has 1 aliphatic rings. The van der Waals surface area contributed by atoms with E-state index in [-0.39, 0.29) is 0 Å². The number of hydrogen-bond donors (Lipinski definition) is 2. The van der Waals surface area contributed by atoms with Crippen LogP contribution in [0.25, 0.3) is 22.1 Å². The molecule has 3 aromatic rings. The summed E-state index contributed by atoms with van der Waals surface area (Å²) in [6, 6.07) is 4.05. The third kappa shape index (κ3) is 1.45. The lowest BCUT2D eigenvalue weighted by molar-refractivity contribution is -0.663. The number of anilines is 1. The van der Waals surface area contributed by atoms with Gasteiger partial charge >= 0.3 is 5.95 Å². The number of rotatable bonds is 0. The van der Waals surface area contributed by atoms with Crippen LogP contribution in [0.15, 0.2) is 18.3 Å². The van der Waals surface area contributed by atoms with Gasteiger partial charge in [0.25, 0.3) is 0 Å². The Balaban J connectivity index is 2.17. The molecule has 1 aromatic carbocycles. The molecule has 2 N–H and O–H groups in total. The van der Waals surface area contributed by atoms with E-state index >= 15 is 0 Å². The summed E-state index contributed by atoms with van der Waals surface area (Å²) < 4.78 is 4.24. The van der Waals surface area contributed by atoms with Crippen LogP contribution in [0.4, 0.5) is 5.95 Å². The molecule has 6 nitrogen and oxygen atoms in total. The fourth-order valence-corrected chi connectivity index (χ4v) is 2.94. The van der Waals surface area contributed by atoms with Gasteiger partial charge in [-0.3, -0.25) is 10.3 Å². The third-order valence-electron chi connectivity index (χ3n) is 3.91. The van der Waals surface area contributed by atoms with Crippen LogP contribution in [0.2, 0.25) is 0 Å². The molecule has 1 unspecified atom stereocenters. The molecule has 0 bridgehead atoms. The lowest BCUT2D eigenvalue weighted by atomic mass is 10.2. The van der Waals surface area contributed by atoms with Crippen LogP contribution in [0.3, 0.4) is 0 Å². The van der Waals surface area contributed by atoms with Crippen molar-refractivity contribution in [3.8, 4) is 0 Å². The minimum absolute atomic E-state index is 0.489. The molecule has 0 aliphatic carbocycles. The summed E-state index contributed by atoms with van der Waals surface area (Å²) in [4.78, 5) is 9.11. The molecule has 0 fully saturated rings. The van der Waals surface area contributed by atoms with Crippen molar-refractivity contribution in [2.75, 3.05) is 5.32 Å². The van der Waals surface area contributed by atoms with Gasteiger partial charge in [0, 0.05) is 12.6 Å². The highest BCUT2D eigenvalue weighted by Gasteiger charge is 2.30. The quantitative estimate of drug-likeness (QED) is 0.594. The van der Waals surface area contributed by atoms with Crippen LogP contribution in [0.1, 0.15) is 12.1 Å². The average Bonchev–Trinajstić information content (AvgIpc) is 2.72. The summed E-state index contributed by atoms with van der Waals surface area (Å²) >= 11 is 0. The van der Waals surface area contributed by atoms with E-state index in [1.165, 1.54) is 0 Å². The number of aromatic nitrogens is 4. The van der Waals surface area contributed by atoms with Crippen molar-refractivity contribution in [1.82, 2.24) is 14.5 Å². The number of benzene rings is 1. The zero-order chi connectivity index (χ0) is 13.9. The Labute approximate surface area is 115 Å². The topological polar surface area (TPSA) is 66.9 Å². The van der Waals surface area contributed by atoms with Crippen molar-refractivity contribution in [2.24, 2.45) is 7.05 Å². The summed E-state index contributed by atoms with van der Waals surface area (Å²) in [5.74, 6) is 0.912. The van der Waals surface area contributed by atoms with Crippen LogP contribution >= 0.6 is 0 Å². The summed E-state index contributed by atoms with van der Waals surface area (Å²) in [7, 11) is 1.99. The van der Waals surface area contributed by atoms with Gasteiger partial charge in [0.15, 0.2) is 11.7 Å². The normalized spacial score (nSPS) is 18.2. The van der Waals surface area contributed by atoms with Crippen molar-refractivity contribution in [3.05, 3.63) is 24.0 Å². The Kier molecular flexibility index (Phi) is 2.26. The second kappa shape index (κ2) is 3.89. The van der Waals surface area contributed by atoms with Crippen LogP contribution in [0.5, 0.6) is 0 Å². The standard InChI is InChI=1S/C14H15N5O/c1-8-7-15-9-3-4-10-13(12(9)16-8)19-6-5-11(20)17-14(19)18(10)2/h3-4,7,11,20H,5-6H2,1-2H3/p+1. The highest BCUT2D eigenvalue weighted by molar-refractivity contribution is 5.98. The molecule has 4 rings (SSSR count).